The lowest BCUT2D eigenvalue weighted by molar-refractivity contribution is -0.136. The summed E-state index contributed by atoms with van der Waals surface area (Å²) >= 11 is 5.97. The van der Waals surface area contributed by atoms with Crippen molar-refractivity contribution >= 4 is 29.1 Å². The summed E-state index contributed by atoms with van der Waals surface area (Å²) in [5.74, 6) is -1.61. The molecule has 0 aliphatic carbocycles. The zero-order valence-electron chi connectivity index (χ0n) is 13.3. The van der Waals surface area contributed by atoms with Gasteiger partial charge in [-0.15, -0.1) is 0 Å². The number of aliphatic hydroxyl groups excluding tert-OH is 1. The molecule has 0 heterocycles. The number of benzene rings is 2. The predicted molar refractivity (Wildman–Crippen MR) is 94.0 cm³/mol. The summed E-state index contributed by atoms with van der Waals surface area (Å²) in [6.07, 6.45) is -0.367. The van der Waals surface area contributed by atoms with Crippen molar-refractivity contribution < 1.29 is 14.7 Å². The lowest BCUT2D eigenvalue weighted by Gasteiger charge is -2.12. The highest BCUT2D eigenvalue weighted by Crippen LogP contribution is 2.19. The molecule has 0 spiro atoms. The molecule has 0 bridgehead atoms. The number of anilines is 1. The molecule has 1 unspecified atom stereocenters. The summed E-state index contributed by atoms with van der Waals surface area (Å²) in [5.41, 5.74) is 2.27. The minimum Gasteiger partial charge on any atom is -0.391 e. The van der Waals surface area contributed by atoms with Gasteiger partial charge in [-0.25, -0.2) is 0 Å². The van der Waals surface area contributed by atoms with Gasteiger partial charge in [-0.3, -0.25) is 9.59 Å². The van der Waals surface area contributed by atoms with E-state index in [1.807, 2.05) is 37.3 Å². The average Bonchev–Trinajstić information content (AvgIpc) is 2.57. The van der Waals surface area contributed by atoms with Crippen LogP contribution in [0.1, 0.15) is 11.1 Å². The van der Waals surface area contributed by atoms with Gasteiger partial charge in [-0.05, 0) is 30.2 Å². The van der Waals surface area contributed by atoms with E-state index >= 15 is 0 Å². The molecule has 0 saturated heterocycles. The van der Waals surface area contributed by atoms with Crippen molar-refractivity contribution in [2.45, 2.75) is 19.4 Å². The Kier molecular flexibility index (Phi) is 6.35. The number of aliphatic hydroxyl groups is 1. The van der Waals surface area contributed by atoms with Gasteiger partial charge in [0.2, 0.25) is 0 Å². The van der Waals surface area contributed by atoms with Crippen molar-refractivity contribution in [2.24, 2.45) is 0 Å². The van der Waals surface area contributed by atoms with E-state index in [4.69, 9.17) is 11.6 Å². The predicted octanol–water partition coefficient (Wildman–Crippen LogP) is 2.31. The van der Waals surface area contributed by atoms with Crippen molar-refractivity contribution in [3.8, 4) is 0 Å². The number of halogens is 1. The Bertz CT molecular complexity index is 719. The normalized spacial score (nSPS) is 11.6. The molecule has 2 rings (SSSR count). The average molecular weight is 347 g/mol. The molecule has 6 heteroatoms. The van der Waals surface area contributed by atoms with E-state index in [1.165, 1.54) is 0 Å². The van der Waals surface area contributed by atoms with E-state index < -0.39 is 17.9 Å². The summed E-state index contributed by atoms with van der Waals surface area (Å²) < 4.78 is 0. The second-order valence-corrected chi connectivity index (χ2v) is 5.88. The SMILES string of the molecule is Cc1ccc(NC(=O)C(=O)NCC(O)Cc2ccccc2)cc1Cl. The Morgan fingerprint density at radius 1 is 1.12 bits per heavy atom. The second-order valence-electron chi connectivity index (χ2n) is 5.47. The summed E-state index contributed by atoms with van der Waals surface area (Å²) in [6, 6.07) is 14.4. The van der Waals surface area contributed by atoms with Gasteiger partial charge in [0.1, 0.15) is 0 Å². The lowest BCUT2D eigenvalue weighted by atomic mass is 10.1. The minimum atomic E-state index is -0.807. The minimum absolute atomic E-state index is 0.00417. The maximum atomic E-state index is 11.8. The Labute approximate surface area is 145 Å². The molecule has 0 aliphatic heterocycles. The van der Waals surface area contributed by atoms with Crippen LogP contribution in [-0.4, -0.2) is 29.6 Å². The van der Waals surface area contributed by atoms with Gasteiger partial charge in [0, 0.05) is 23.7 Å². The zero-order valence-corrected chi connectivity index (χ0v) is 14.0. The molecule has 0 aromatic heterocycles. The zero-order chi connectivity index (χ0) is 17.5. The van der Waals surface area contributed by atoms with Crippen molar-refractivity contribution in [1.82, 2.24) is 5.32 Å². The Hall–Kier alpha value is -2.37. The Balaban J connectivity index is 1.81. The van der Waals surface area contributed by atoms with Gasteiger partial charge >= 0.3 is 11.8 Å². The van der Waals surface area contributed by atoms with Crippen molar-refractivity contribution in [3.05, 3.63) is 64.7 Å². The number of nitrogens with one attached hydrogen (secondary N) is 2. The molecule has 0 aliphatic rings. The Morgan fingerprint density at radius 3 is 2.50 bits per heavy atom. The summed E-state index contributed by atoms with van der Waals surface area (Å²) in [5, 5.41) is 15.3. The molecule has 0 fully saturated rings. The number of rotatable bonds is 5. The van der Waals surface area contributed by atoms with Gasteiger partial charge in [-0.2, -0.15) is 0 Å². The number of hydrogen-bond donors (Lipinski definition) is 3. The second kappa shape index (κ2) is 8.47. The van der Waals surface area contributed by atoms with Crippen LogP contribution < -0.4 is 10.6 Å². The van der Waals surface area contributed by atoms with Crippen LogP contribution in [0.3, 0.4) is 0 Å². The monoisotopic (exact) mass is 346 g/mol. The first kappa shape index (κ1) is 18.0. The Morgan fingerprint density at radius 2 is 1.83 bits per heavy atom. The highest BCUT2D eigenvalue weighted by Gasteiger charge is 2.15. The third-order valence-electron chi connectivity index (χ3n) is 3.45. The lowest BCUT2D eigenvalue weighted by Crippen LogP contribution is -2.40. The fraction of sp³-hybridized carbons (Fsp3) is 0.222. The number of carbonyl (C=O) groups excluding carboxylic acids is 2. The van der Waals surface area contributed by atoms with Crippen LogP contribution in [0.25, 0.3) is 0 Å². The van der Waals surface area contributed by atoms with Gasteiger partial charge < -0.3 is 15.7 Å². The number of aryl methyl sites for hydroxylation is 1. The van der Waals surface area contributed by atoms with Crippen LogP contribution in [0.5, 0.6) is 0 Å². The van der Waals surface area contributed by atoms with Crippen LogP contribution in [0, 0.1) is 6.92 Å². The smallest absolute Gasteiger partial charge is 0.313 e. The van der Waals surface area contributed by atoms with E-state index in [2.05, 4.69) is 10.6 Å². The first-order valence-corrected chi connectivity index (χ1v) is 7.91. The molecular formula is C18H19ClN2O3. The molecule has 5 nitrogen and oxygen atoms in total. The van der Waals surface area contributed by atoms with Crippen LogP contribution in [-0.2, 0) is 16.0 Å². The maximum Gasteiger partial charge on any atom is 0.313 e. The van der Waals surface area contributed by atoms with Crippen molar-refractivity contribution in [2.75, 3.05) is 11.9 Å². The van der Waals surface area contributed by atoms with Crippen LogP contribution in [0.2, 0.25) is 5.02 Å². The first-order valence-electron chi connectivity index (χ1n) is 7.53. The third-order valence-corrected chi connectivity index (χ3v) is 3.86. The molecule has 1 atom stereocenters. The molecular weight excluding hydrogens is 328 g/mol. The number of amides is 2. The molecule has 2 aromatic rings. The molecule has 3 N–H and O–H groups in total. The van der Waals surface area contributed by atoms with Crippen LogP contribution in [0.15, 0.2) is 48.5 Å². The summed E-state index contributed by atoms with van der Waals surface area (Å²) in [4.78, 5) is 23.6. The van der Waals surface area contributed by atoms with E-state index in [0.717, 1.165) is 11.1 Å². The molecule has 0 radical (unpaired) electrons. The maximum absolute atomic E-state index is 11.8. The topological polar surface area (TPSA) is 78.4 Å². The van der Waals surface area contributed by atoms with E-state index in [0.29, 0.717) is 17.1 Å². The molecule has 24 heavy (non-hydrogen) atoms. The van der Waals surface area contributed by atoms with Gasteiger partial charge in [0.15, 0.2) is 0 Å². The highest BCUT2D eigenvalue weighted by atomic mass is 35.5. The van der Waals surface area contributed by atoms with E-state index in [1.54, 1.807) is 18.2 Å². The quantitative estimate of drug-likeness (QED) is 0.727. The molecule has 0 saturated carbocycles. The molecule has 126 valence electrons. The van der Waals surface area contributed by atoms with Gasteiger partial charge in [-0.1, -0.05) is 48.0 Å². The number of carbonyl (C=O) groups is 2. The van der Waals surface area contributed by atoms with Crippen LogP contribution in [0.4, 0.5) is 5.69 Å². The standard InChI is InChI=1S/C18H19ClN2O3/c1-12-7-8-14(10-16(12)19)21-18(24)17(23)20-11-15(22)9-13-5-3-2-4-6-13/h2-8,10,15,22H,9,11H2,1H3,(H,20,23)(H,21,24). The fourth-order valence-electron chi connectivity index (χ4n) is 2.11. The third kappa shape index (κ3) is 5.37. The van der Waals surface area contributed by atoms with Crippen LogP contribution >= 0.6 is 11.6 Å². The number of hydrogen-bond acceptors (Lipinski definition) is 3. The highest BCUT2D eigenvalue weighted by molar-refractivity contribution is 6.39. The van der Waals surface area contributed by atoms with E-state index in [-0.39, 0.29) is 6.54 Å². The fourth-order valence-corrected chi connectivity index (χ4v) is 2.29. The van der Waals surface area contributed by atoms with Gasteiger partial charge in [0.25, 0.3) is 0 Å². The van der Waals surface area contributed by atoms with Crippen molar-refractivity contribution in [1.29, 1.82) is 0 Å². The summed E-state index contributed by atoms with van der Waals surface area (Å²) in [7, 11) is 0. The molecule has 2 aromatic carbocycles. The molecule has 2 amide bonds. The largest absolute Gasteiger partial charge is 0.391 e. The van der Waals surface area contributed by atoms with Gasteiger partial charge in [0.05, 0.1) is 6.10 Å². The van der Waals surface area contributed by atoms with Crippen molar-refractivity contribution in [3.63, 3.8) is 0 Å². The van der Waals surface area contributed by atoms with E-state index in [9.17, 15) is 14.7 Å². The first-order chi connectivity index (χ1) is 11.5. The summed E-state index contributed by atoms with van der Waals surface area (Å²) in [6.45, 7) is 1.84.